The van der Waals surface area contributed by atoms with Gasteiger partial charge in [-0.25, -0.2) is 4.98 Å². The minimum atomic E-state index is 0.234. The maximum absolute atomic E-state index is 9.35. The molecule has 0 unspecified atom stereocenters. The van der Waals surface area contributed by atoms with Crippen molar-refractivity contribution in [3.8, 4) is 16.9 Å². The van der Waals surface area contributed by atoms with Crippen LogP contribution >= 0.6 is 11.6 Å². The summed E-state index contributed by atoms with van der Waals surface area (Å²) in [6.45, 7) is 0. The largest absolute Gasteiger partial charge is 0.508 e. The summed E-state index contributed by atoms with van der Waals surface area (Å²) in [5.41, 5.74) is 8.54. The first-order valence-electron chi connectivity index (χ1n) is 5.79. The minimum Gasteiger partial charge on any atom is -0.508 e. The van der Waals surface area contributed by atoms with Crippen molar-refractivity contribution in [1.82, 2.24) is 4.98 Å². The lowest BCUT2D eigenvalue weighted by Gasteiger charge is -2.08. The molecule has 0 aliphatic rings. The average Bonchev–Trinajstić information content (AvgIpc) is 2.38. The van der Waals surface area contributed by atoms with Crippen molar-refractivity contribution in [2.45, 2.75) is 0 Å². The lowest BCUT2D eigenvalue weighted by atomic mass is 10.0. The molecule has 19 heavy (non-hydrogen) atoms. The Balaban J connectivity index is 2.30. The van der Waals surface area contributed by atoms with Gasteiger partial charge in [0, 0.05) is 10.4 Å². The van der Waals surface area contributed by atoms with Crippen LogP contribution in [0.25, 0.3) is 22.0 Å². The Labute approximate surface area is 115 Å². The molecule has 0 aliphatic carbocycles. The van der Waals surface area contributed by atoms with Crippen LogP contribution in [0.2, 0.25) is 5.02 Å². The van der Waals surface area contributed by atoms with E-state index in [9.17, 15) is 5.11 Å². The topological polar surface area (TPSA) is 59.1 Å². The summed E-state index contributed by atoms with van der Waals surface area (Å²) in [7, 11) is 0. The molecule has 94 valence electrons. The monoisotopic (exact) mass is 270 g/mol. The van der Waals surface area contributed by atoms with Gasteiger partial charge in [-0.15, -0.1) is 0 Å². The first-order chi connectivity index (χ1) is 9.13. The second-order valence-electron chi connectivity index (χ2n) is 4.30. The van der Waals surface area contributed by atoms with Gasteiger partial charge >= 0.3 is 0 Å². The van der Waals surface area contributed by atoms with E-state index in [0.29, 0.717) is 10.8 Å². The van der Waals surface area contributed by atoms with E-state index in [0.717, 1.165) is 22.0 Å². The molecule has 4 heteroatoms. The number of nitrogens with two attached hydrogens (primary N) is 1. The van der Waals surface area contributed by atoms with Crippen molar-refractivity contribution in [2.75, 3.05) is 5.73 Å². The van der Waals surface area contributed by atoms with Crippen LogP contribution in [0.1, 0.15) is 0 Å². The molecular formula is C15H11ClN2O. The first-order valence-corrected chi connectivity index (χ1v) is 6.16. The molecule has 0 saturated heterocycles. The highest BCUT2D eigenvalue weighted by atomic mass is 35.5. The molecule has 0 radical (unpaired) electrons. The van der Waals surface area contributed by atoms with Gasteiger partial charge in [0.1, 0.15) is 11.6 Å². The molecule has 1 heterocycles. The van der Waals surface area contributed by atoms with Gasteiger partial charge in [-0.05, 0) is 41.5 Å². The highest BCUT2D eigenvalue weighted by Crippen LogP contribution is 2.31. The van der Waals surface area contributed by atoms with Gasteiger partial charge < -0.3 is 10.8 Å². The van der Waals surface area contributed by atoms with Crippen LogP contribution in [0.3, 0.4) is 0 Å². The highest BCUT2D eigenvalue weighted by molar-refractivity contribution is 6.31. The average molecular weight is 271 g/mol. The van der Waals surface area contributed by atoms with E-state index < -0.39 is 0 Å². The molecule has 3 aromatic rings. The molecule has 3 rings (SSSR count). The number of nitrogen functional groups attached to an aromatic ring is 1. The third-order valence-corrected chi connectivity index (χ3v) is 3.21. The molecule has 1 aromatic heterocycles. The van der Waals surface area contributed by atoms with Crippen molar-refractivity contribution in [3.63, 3.8) is 0 Å². The number of fused-ring (bicyclic) bond motifs is 1. The normalized spacial score (nSPS) is 10.8. The maximum Gasteiger partial charge on any atom is 0.124 e. The molecule has 2 aromatic carbocycles. The lowest BCUT2D eigenvalue weighted by molar-refractivity contribution is 0.475. The molecule has 3 nitrogen and oxygen atoms in total. The molecule has 0 aliphatic heterocycles. The number of phenolic OH excluding ortho intramolecular Hbond substituents is 1. The summed E-state index contributed by atoms with van der Waals surface area (Å²) in [6, 6.07) is 14.3. The number of nitrogens with zero attached hydrogens (tertiary/aromatic N) is 1. The SMILES string of the molecule is Nc1cc(-c2ccc(O)cc2)c2ccc(Cl)cc2n1. The lowest BCUT2D eigenvalue weighted by Crippen LogP contribution is -1.93. The minimum absolute atomic E-state index is 0.234. The fraction of sp³-hybridized carbons (Fsp3) is 0. The highest BCUT2D eigenvalue weighted by Gasteiger charge is 2.07. The molecular weight excluding hydrogens is 260 g/mol. The van der Waals surface area contributed by atoms with Crippen LogP contribution in [0.5, 0.6) is 5.75 Å². The second kappa shape index (κ2) is 4.44. The van der Waals surface area contributed by atoms with Crippen LogP contribution < -0.4 is 5.73 Å². The number of anilines is 1. The van der Waals surface area contributed by atoms with Crippen LogP contribution in [0.15, 0.2) is 48.5 Å². The van der Waals surface area contributed by atoms with E-state index in [1.165, 1.54) is 0 Å². The molecule has 0 atom stereocenters. The molecule has 3 N–H and O–H groups in total. The number of hydrogen-bond acceptors (Lipinski definition) is 3. The van der Waals surface area contributed by atoms with Crippen LogP contribution in [0.4, 0.5) is 5.82 Å². The number of phenols is 1. The van der Waals surface area contributed by atoms with Gasteiger partial charge in [-0.2, -0.15) is 0 Å². The second-order valence-corrected chi connectivity index (χ2v) is 4.74. The van der Waals surface area contributed by atoms with E-state index in [4.69, 9.17) is 17.3 Å². The summed E-state index contributed by atoms with van der Waals surface area (Å²) >= 11 is 5.98. The number of rotatable bonds is 1. The fourth-order valence-corrected chi connectivity index (χ4v) is 2.27. The zero-order valence-electron chi connectivity index (χ0n) is 9.97. The molecule has 0 fully saturated rings. The Morgan fingerprint density at radius 1 is 1.00 bits per heavy atom. The van der Waals surface area contributed by atoms with Crippen LogP contribution in [0, 0.1) is 0 Å². The summed E-state index contributed by atoms with van der Waals surface area (Å²) in [4.78, 5) is 4.28. The number of hydrogen-bond donors (Lipinski definition) is 2. The van der Waals surface area contributed by atoms with E-state index in [1.54, 1.807) is 18.2 Å². The van der Waals surface area contributed by atoms with Crippen molar-refractivity contribution in [2.24, 2.45) is 0 Å². The van der Waals surface area contributed by atoms with E-state index in [1.807, 2.05) is 30.3 Å². The first kappa shape index (κ1) is 11.8. The van der Waals surface area contributed by atoms with E-state index in [-0.39, 0.29) is 5.75 Å². The predicted molar refractivity (Wildman–Crippen MR) is 78.3 cm³/mol. The summed E-state index contributed by atoms with van der Waals surface area (Å²) in [6.07, 6.45) is 0. The van der Waals surface area contributed by atoms with Crippen molar-refractivity contribution in [1.29, 1.82) is 0 Å². The zero-order chi connectivity index (χ0) is 13.4. The standard InChI is InChI=1S/C15H11ClN2O/c16-10-3-6-12-13(8-15(17)18-14(12)7-10)9-1-4-11(19)5-2-9/h1-8,19H,(H2,17,18). The number of aromatic nitrogens is 1. The van der Waals surface area contributed by atoms with Gasteiger partial charge in [-0.3, -0.25) is 0 Å². The van der Waals surface area contributed by atoms with Crippen molar-refractivity contribution >= 4 is 28.3 Å². The van der Waals surface area contributed by atoms with Crippen molar-refractivity contribution in [3.05, 3.63) is 53.6 Å². The number of pyridine rings is 1. The van der Waals surface area contributed by atoms with Crippen LogP contribution in [-0.4, -0.2) is 10.1 Å². The van der Waals surface area contributed by atoms with Gasteiger partial charge in [-0.1, -0.05) is 29.8 Å². The quantitative estimate of drug-likeness (QED) is 0.706. The summed E-state index contributed by atoms with van der Waals surface area (Å²) in [5.74, 6) is 0.677. The Kier molecular flexibility index (Phi) is 2.76. The maximum atomic E-state index is 9.35. The molecule has 0 saturated carbocycles. The Morgan fingerprint density at radius 2 is 1.74 bits per heavy atom. The van der Waals surface area contributed by atoms with Crippen LogP contribution in [-0.2, 0) is 0 Å². The Morgan fingerprint density at radius 3 is 2.47 bits per heavy atom. The Bertz CT molecular complexity index is 749. The summed E-state index contributed by atoms with van der Waals surface area (Å²) in [5, 5.41) is 11.0. The third-order valence-electron chi connectivity index (χ3n) is 2.97. The molecule has 0 amide bonds. The smallest absolute Gasteiger partial charge is 0.124 e. The Hall–Kier alpha value is -2.26. The number of halogens is 1. The van der Waals surface area contributed by atoms with Crippen molar-refractivity contribution < 1.29 is 5.11 Å². The van der Waals surface area contributed by atoms with E-state index in [2.05, 4.69) is 4.98 Å². The van der Waals surface area contributed by atoms with Gasteiger partial charge in [0.15, 0.2) is 0 Å². The van der Waals surface area contributed by atoms with Gasteiger partial charge in [0.2, 0.25) is 0 Å². The molecule has 0 bridgehead atoms. The number of aromatic hydroxyl groups is 1. The zero-order valence-corrected chi connectivity index (χ0v) is 10.7. The predicted octanol–water partition coefficient (Wildman–Crippen LogP) is 3.84. The fourth-order valence-electron chi connectivity index (χ4n) is 2.10. The van der Waals surface area contributed by atoms with E-state index >= 15 is 0 Å². The van der Waals surface area contributed by atoms with Gasteiger partial charge in [0.25, 0.3) is 0 Å². The third kappa shape index (κ3) is 2.20. The molecule has 0 spiro atoms. The number of benzene rings is 2. The summed E-state index contributed by atoms with van der Waals surface area (Å²) < 4.78 is 0. The van der Waals surface area contributed by atoms with Gasteiger partial charge in [0.05, 0.1) is 5.52 Å².